The number of hydrogen-bond acceptors (Lipinski definition) is 2. The van der Waals surface area contributed by atoms with E-state index in [1.165, 1.54) is 0 Å². The van der Waals surface area contributed by atoms with Crippen molar-refractivity contribution in [2.24, 2.45) is 5.92 Å². The van der Waals surface area contributed by atoms with Crippen molar-refractivity contribution in [1.82, 2.24) is 4.98 Å². The largest absolute Gasteiger partial charge is 0.481 e. The molecule has 1 N–H and O–H groups in total. The fourth-order valence-electron chi connectivity index (χ4n) is 0.978. The van der Waals surface area contributed by atoms with Crippen LogP contribution in [0.1, 0.15) is 12.5 Å². The Balaban J connectivity index is 2.74. The summed E-state index contributed by atoms with van der Waals surface area (Å²) in [4.78, 5) is 14.5. The molecule has 0 saturated heterocycles. The first-order chi connectivity index (χ1) is 6.11. The summed E-state index contributed by atoms with van der Waals surface area (Å²) in [6.07, 6.45) is 3.85. The van der Waals surface area contributed by atoms with Crippen molar-refractivity contribution in [1.29, 1.82) is 0 Å². The number of rotatable bonds is 3. The van der Waals surface area contributed by atoms with Crippen molar-refractivity contribution in [2.45, 2.75) is 13.3 Å². The summed E-state index contributed by atoms with van der Waals surface area (Å²) in [5, 5.41) is 8.70. The van der Waals surface area contributed by atoms with Gasteiger partial charge in [0.25, 0.3) is 0 Å². The van der Waals surface area contributed by atoms with Gasteiger partial charge < -0.3 is 5.11 Å². The van der Waals surface area contributed by atoms with E-state index in [1.54, 1.807) is 19.3 Å². The Morgan fingerprint density at radius 3 is 3.00 bits per heavy atom. The minimum Gasteiger partial charge on any atom is -0.481 e. The third-order valence-corrected chi connectivity index (χ3v) is 2.57. The lowest BCUT2D eigenvalue weighted by atomic mass is 10.0. The van der Waals surface area contributed by atoms with Gasteiger partial charge >= 0.3 is 5.97 Å². The predicted molar refractivity (Wildman–Crippen MR) is 52.4 cm³/mol. The van der Waals surface area contributed by atoms with Gasteiger partial charge in [0.15, 0.2) is 0 Å². The second kappa shape index (κ2) is 4.37. The van der Waals surface area contributed by atoms with Crippen molar-refractivity contribution in [3.8, 4) is 0 Å². The highest BCUT2D eigenvalue weighted by molar-refractivity contribution is 9.10. The molecule has 1 heterocycles. The highest BCUT2D eigenvalue weighted by Gasteiger charge is 2.12. The zero-order chi connectivity index (χ0) is 9.84. The van der Waals surface area contributed by atoms with Gasteiger partial charge in [-0.2, -0.15) is 0 Å². The number of aliphatic carboxylic acids is 1. The van der Waals surface area contributed by atoms with E-state index in [-0.39, 0.29) is 5.92 Å². The molecule has 4 heteroatoms. The Morgan fingerprint density at radius 1 is 1.77 bits per heavy atom. The predicted octanol–water partition coefficient (Wildman–Crippen LogP) is 2.11. The van der Waals surface area contributed by atoms with E-state index < -0.39 is 5.97 Å². The Hall–Kier alpha value is -0.900. The number of carboxylic acid groups (broad SMARTS) is 1. The molecular formula is C9H10BrNO2. The Labute approximate surface area is 84.9 Å². The molecule has 0 fully saturated rings. The number of pyridine rings is 1. The molecule has 0 aliphatic carbocycles. The van der Waals surface area contributed by atoms with Crippen molar-refractivity contribution >= 4 is 21.9 Å². The van der Waals surface area contributed by atoms with Crippen LogP contribution in [0.3, 0.4) is 0 Å². The van der Waals surface area contributed by atoms with Crippen LogP contribution in [-0.4, -0.2) is 16.1 Å². The summed E-state index contributed by atoms with van der Waals surface area (Å²) in [6, 6.07) is 1.81. The van der Waals surface area contributed by atoms with Gasteiger partial charge in [0.05, 0.1) is 5.92 Å². The van der Waals surface area contributed by atoms with Crippen LogP contribution in [-0.2, 0) is 11.2 Å². The van der Waals surface area contributed by atoms with Gasteiger partial charge in [0.2, 0.25) is 0 Å². The molecule has 1 aromatic rings. The summed E-state index contributed by atoms with van der Waals surface area (Å²) in [6.45, 7) is 1.68. The zero-order valence-electron chi connectivity index (χ0n) is 7.20. The molecule has 0 bridgehead atoms. The third kappa shape index (κ3) is 2.81. The average Bonchev–Trinajstić information content (AvgIpc) is 2.08. The van der Waals surface area contributed by atoms with Crippen LogP contribution in [0.5, 0.6) is 0 Å². The summed E-state index contributed by atoms with van der Waals surface area (Å²) in [7, 11) is 0. The number of halogens is 1. The quantitative estimate of drug-likeness (QED) is 0.885. The van der Waals surface area contributed by atoms with Gasteiger partial charge in [-0.3, -0.25) is 9.78 Å². The van der Waals surface area contributed by atoms with E-state index in [4.69, 9.17) is 5.11 Å². The van der Waals surface area contributed by atoms with Crippen molar-refractivity contribution in [3.63, 3.8) is 0 Å². The topological polar surface area (TPSA) is 50.2 Å². The molecule has 0 spiro atoms. The highest BCUT2D eigenvalue weighted by Crippen LogP contribution is 2.18. The first kappa shape index (κ1) is 10.2. The maximum absolute atomic E-state index is 10.6. The average molecular weight is 244 g/mol. The summed E-state index contributed by atoms with van der Waals surface area (Å²) >= 11 is 3.34. The monoisotopic (exact) mass is 243 g/mol. The molecule has 0 aliphatic heterocycles. The van der Waals surface area contributed by atoms with Crippen LogP contribution in [0.15, 0.2) is 22.9 Å². The number of carboxylic acids is 1. The van der Waals surface area contributed by atoms with Gasteiger partial charge in [0.1, 0.15) is 0 Å². The maximum Gasteiger partial charge on any atom is 0.306 e. The van der Waals surface area contributed by atoms with Crippen molar-refractivity contribution in [2.75, 3.05) is 0 Å². The molecule has 1 rings (SSSR count). The maximum atomic E-state index is 10.6. The molecular weight excluding hydrogens is 234 g/mol. The molecule has 1 unspecified atom stereocenters. The van der Waals surface area contributed by atoms with Gasteiger partial charge in [-0.05, 0) is 18.1 Å². The van der Waals surface area contributed by atoms with Crippen LogP contribution >= 0.6 is 15.9 Å². The van der Waals surface area contributed by atoms with Gasteiger partial charge in [-0.15, -0.1) is 0 Å². The van der Waals surface area contributed by atoms with E-state index >= 15 is 0 Å². The summed E-state index contributed by atoms with van der Waals surface area (Å²) < 4.78 is 0.913. The molecule has 0 amide bonds. The molecule has 0 aliphatic rings. The number of nitrogens with zero attached hydrogens (tertiary/aromatic N) is 1. The Kier molecular flexibility index (Phi) is 3.42. The second-order valence-corrected chi connectivity index (χ2v) is 3.76. The molecule has 0 aromatic carbocycles. The highest BCUT2D eigenvalue weighted by atomic mass is 79.9. The Bertz CT molecular complexity index is 314. The minimum absolute atomic E-state index is 0.375. The molecule has 1 atom stereocenters. The minimum atomic E-state index is -0.782. The number of hydrogen-bond donors (Lipinski definition) is 1. The standard InChI is InChI=1S/C9H10BrNO2/c1-6(9(12)13)4-7-5-11-3-2-8(7)10/h2-3,5-6H,4H2,1H3,(H,12,13). The van der Waals surface area contributed by atoms with Crippen LogP contribution < -0.4 is 0 Å². The molecule has 70 valence electrons. The van der Waals surface area contributed by atoms with Crippen LogP contribution in [0, 0.1) is 5.92 Å². The molecule has 0 saturated carbocycles. The van der Waals surface area contributed by atoms with E-state index in [9.17, 15) is 4.79 Å². The first-order valence-electron chi connectivity index (χ1n) is 3.92. The normalized spacial score (nSPS) is 12.5. The summed E-state index contributed by atoms with van der Waals surface area (Å²) in [5.41, 5.74) is 0.928. The van der Waals surface area contributed by atoms with Gasteiger partial charge in [-0.25, -0.2) is 0 Å². The van der Waals surface area contributed by atoms with Gasteiger partial charge in [-0.1, -0.05) is 22.9 Å². The lowest BCUT2D eigenvalue weighted by Gasteiger charge is -2.06. The fraction of sp³-hybridized carbons (Fsp3) is 0.333. The SMILES string of the molecule is CC(Cc1cnccc1Br)C(=O)O. The first-order valence-corrected chi connectivity index (χ1v) is 4.71. The van der Waals surface area contributed by atoms with Crippen LogP contribution in [0.25, 0.3) is 0 Å². The third-order valence-electron chi connectivity index (χ3n) is 1.79. The molecule has 13 heavy (non-hydrogen) atoms. The second-order valence-electron chi connectivity index (χ2n) is 2.91. The van der Waals surface area contributed by atoms with Gasteiger partial charge in [0, 0.05) is 16.9 Å². The van der Waals surface area contributed by atoms with E-state index in [1.807, 2.05) is 6.07 Å². The molecule has 1 aromatic heterocycles. The van der Waals surface area contributed by atoms with Crippen molar-refractivity contribution in [3.05, 3.63) is 28.5 Å². The number of aromatic nitrogens is 1. The Morgan fingerprint density at radius 2 is 2.46 bits per heavy atom. The molecule has 0 radical (unpaired) electrons. The van der Waals surface area contributed by atoms with Crippen molar-refractivity contribution < 1.29 is 9.90 Å². The smallest absolute Gasteiger partial charge is 0.306 e. The summed E-state index contributed by atoms with van der Waals surface area (Å²) in [5.74, 6) is -1.16. The van der Waals surface area contributed by atoms with E-state index in [0.717, 1.165) is 10.0 Å². The lowest BCUT2D eigenvalue weighted by Crippen LogP contribution is -2.12. The van der Waals surface area contributed by atoms with E-state index in [0.29, 0.717) is 6.42 Å². The number of carbonyl (C=O) groups is 1. The van der Waals surface area contributed by atoms with Crippen LogP contribution in [0.2, 0.25) is 0 Å². The lowest BCUT2D eigenvalue weighted by molar-refractivity contribution is -0.141. The fourth-order valence-corrected chi connectivity index (χ4v) is 1.36. The zero-order valence-corrected chi connectivity index (χ0v) is 8.78. The van der Waals surface area contributed by atoms with Crippen LogP contribution in [0.4, 0.5) is 0 Å². The van der Waals surface area contributed by atoms with E-state index in [2.05, 4.69) is 20.9 Å². The molecule has 3 nitrogen and oxygen atoms in total.